The molecule has 0 aromatic rings. The molecule has 1 heterocycles. The Kier molecular flexibility index (Phi) is 4.83. The molecule has 1 saturated carbocycles. The fourth-order valence-corrected chi connectivity index (χ4v) is 6.34. The Bertz CT molecular complexity index is 322. The average Bonchev–Trinajstić information content (AvgIpc) is 2.35. The summed E-state index contributed by atoms with van der Waals surface area (Å²) in [6.45, 7) is 15.4. The third-order valence-electron chi connectivity index (χ3n) is 5.22. The van der Waals surface area contributed by atoms with E-state index in [0.29, 0.717) is 10.8 Å². The largest absolute Gasteiger partial charge is 0.329 e. The first-order valence-electron chi connectivity index (χ1n) is 8.29. The zero-order chi connectivity index (χ0) is 15.0. The molecule has 1 unspecified atom stereocenters. The number of nitrogens with two attached hydrogens (primary N) is 1. The van der Waals surface area contributed by atoms with Crippen molar-refractivity contribution in [2.24, 2.45) is 16.6 Å². The van der Waals surface area contributed by atoms with Crippen LogP contribution in [0.5, 0.6) is 0 Å². The monoisotopic (exact) mass is 298 g/mol. The smallest absolute Gasteiger partial charge is 0.0342 e. The van der Waals surface area contributed by atoms with Crippen LogP contribution in [0.4, 0.5) is 0 Å². The van der Waals surface area contributed by atoms with E-state index in [1.807, 2.05) is 0 Å². The van der Waals surface area contributed by atoms with Crippen LogP contribution in [-0.2, 0) is 0 Å². The summed E-state index contributed by atoms with van der Waals surface area (Å²) in [4.78, 5) is 2.76. The fraction of sp³-hybridized carbons (Fsp3) is 1.00. The number of rotatable bonds is 3. The van der Waals surface area contributed by atoms with E-state index in [1.165, 1.54) is 44.5 Å². The highest BCUT2D eigenvalue weighted by molar-refractivity contribution is 8.00. The third kappa shape index (κ3) is 3.53. The Morgan fingerprint density at radius 2 is 1.70 bits per heavy atom. The standard InChI is InChI=1S/C17H34N2S/c1-6-14-9-19(7-8-20-14)17(13-18)11-15(2,3)10-16(4,5)12-17/h14H,6-13,18H2,1-5H3. The molecule has 2 rings (SSSR count). The Labute approximate surface area is 130 Å². The molecule has 1 aliphatic carbocycles. The highest BCUT2D eigenvalue weighted by Gasteiger charge is 2.50. The molecule has 0 spiro atoms. The van der Waals surface area contributed by atoms with Crippen LogP contribution in [0.2, 0.25) is 0 Å². The third-order valence-corrected chi connectivity index (χ3v) is 6.59. The topological polar surface area (TPSA) is 29.3 Å². The van der Waals surface area contributed by atoms with Crippen LogP contribution in [0.3, 0.4) is 0 Å². The van der Waals surface area contributed by atoms with Gasteiger partial charge in [0.1, 0.15) is 0 Å². The number of thioether (sulfide) groups is 1. The Hall–Kier alpha value is 0.270. The first-order valence-corrected chi connectivity index (χ1v) is 9.34. The van der Waals surface area contributed by atoms with Crippen LogP contribution in [0, 0.1) is 10.8 Å². The van der Waals surface area contributed by atoms with Crippen molar-refractivity contribution in [1.29, 1.82) is 0 Å². The second-order valence-corrected chi connectivity index (χ2v) is 10.0. The van der Waals surface area contributed by atoms with Gasteiger partial charge in [-0.05, 0) is 36.5 Å². The van der Waals surface area contributed by atoms with E-state index in [9.17, 15) is 0 Å². The molecule has 1 aliphatic heterocycles. The summed E-state index contributed by atoms with van der Waals surface area (Å²) in [6, 6.07) is 0. The molecule has 0 amide bonds. The van der Waals surface area contributed by atoms with E-state index >= 15 is 0 Å². The number of nitrogens with zero attached hydrogens (tertiary/aromatic N) is 1. The second kappa shape index (κ2) is 5.81. The Morgan fingerprint density at radius 1 is 1.10 bits per heavy atom. The van der Waals surface area contributed by atoms with Gasteiger partial charge in [-0.2, -0.15) is 11.8 Å². The minimum absolute atomic E-state index is 0.236. The first kappa shape index (κ1) is 16.6. The van der Waals surface area contributed by atoms with E-state index in [-0.39, 0.29) is 5.54 Å². The quantitative estimate of drug-likeness (QED) is 0.860. The molecule has 0 radical (unpaired) electrons. The Morgan fingerprint density at radius 3 is 2.20 bits per heavy atom. The summed E-state index contributed by atoms with van der Waals surface area (Å²) < 4.78 is 0. The summed E-state index contributed by atoms with van der Waals surface area (Å²) in [7, 11) is 0. The summed E-state index contributed by atoms with van der Waals surface area (Å²) in [5, 5.41) is 0.806. The lowest BCUT2D eigenvalue weighted by Gasteiger charge is -2.57. The van der Waals surface area contributed by atoms with Crippen LogP contribution >= 0.6 is 11.8 Å². The molecule has 118 valence electrons. The predicted molar refractivity (Wildman–Crippen MR) is 91.3 cm³/mol. The molecule has 0 bridgehead atoms. The molecule has 0 aromatic carbocycles. The molecule has 1 saturated heterocycles. The van der Waals surface area contributed by atoms with Crippen molar-refractivity contribution in [2.75, 3.05) is 25.4 Å². The number of hydrogen-bond donors (Lipinski definition) is 1. The highest BCUT2D eigenvalue weighted by Crippen LogP contribution is 2.52. The van der Waals surface area contributed by atoms with Gasteiger partial charge < -0.3 is 5.73 Å². The maximum absolute atomic E-state index is 6.35. The SMILES string of the molecule is CCC1CN(C2(CN)CC(C)(C)CC(C)(C)C2)CCS1. The van der Waals surface area contributed by atoms with Gasteiger partial charge in [-0.1, -0.05) is 34.6 Å². The van der Waals surface area contributed by atoms with Crippen molar-refractivity contribution in [3.8, 4) is 0 Å². The van der Waals surface area contributed by atoms with Crippen LogP contribution in [0.25, 0.3) is 0 Å². The Balaban J connectivity index is 2.23. The molecule has 2 N–H and O–H groups in total. The average molecular weight is 299 g/mol. The van der Waals surface area contributed by atoms with Crippen molar-refractivity contribution in [3.05, 3.63) is 0 Å². The van der Waals surface area contributed by atoms with Crippen molar-refractivity contribution < 1.29 is 0 Å². The zero-order valence-electron chi connectivity index (χ0n) is 14.2. The van der Waals surface area contributed by atoms with Crippen molar-refractivity contribution >= 4 is 11.8 Å². The van der Waals surface area contributed by atoms with Crippen molar-refractivity contribution in [3.63, 3.8) is 0 Å². The van der Waals surface area contributed by atoms with E-state index in [0.717, 1.165) is 11.8 Å². The lowest BCUT2D eigenvalue weighted by Crippen LogP contribution is -2.63. The van der Waals surface area contributed by atoms with Crippen LogP contribution < -0.4 is 5.73 Å². The molecule has 2 fully saturated rings. The van der Waals surface area contributed by atoms with E-state index < -0.39 is 0 Å². The van der Waals surface area contributed by atoms with Gasteiger partial charge >= 0.3 is 0 Å². The van der Waals surface area contributed by atoms with Crippen molar-refractivity contribution in [1.82, 2.24) is 4.90 Å². The van der Waals surface area contributed by atoms with Gasteiger partial charge in [-0.25, -0.2) is 0 Å². The predicted octanol–water partition coefficient (Wildman–Crippen LogP) is 3.75. The van der Waals surface area contributed by atoms with Gasteiger partial charge in [-0.3, -0.25) is 4.90 Å². The normalized spacial score (nSPS) is 33.0. The molecule has 0 aromatic heterocycles. The van der Waals surface area contributed by atoms with Gasteiger partial charge in [0.25, 0.3) is 0 Å². The minimum Gasteiger partial charge on any atom is -0.329 e. The molecule has 3 heteroatoms. The molecule has 2 nitrogen and oxygen atoms in total. The van der Waals surface area contributed by atoms with Gasteiger partial charge in [0.05, 0.1) is 0 Å². The summed E-state index contributed by atoms with van der Waals surface area (Å²) in [5.74, 6) is 1.28. The molecule has 20 heavy (non-hydrogen) atoms. The molecule has 1 atom stereocenters. The fourth-order valence-electron chi connectivity index (χ4n) is 5.16. The summed E-state index contributed by atoms with van der Waals surface area (Å²) in [6.07, 6.45) is 5.14. The van der Waals surface area contributed by atoms with Gasteiger partial charge in [-0.15, -0.1) is 0 Å². The first-order chi connectivity index (χ1) is 9.22. The van der Waals surface area contributed by atoms with Gasteiger partial charge in [0, 0.05) is 36.2 Å². The lowest BCUT2D eigenvalue weighted by molar-refractivity contribution is -0.0423. The van der Waals surface area contributed by atoms with E-state index in [4.69, 9.17) is 5.73 Å². The maximum atomic E-state index is 6.35. The second-order valence-electron chi connectivity index (χ2n) is 8.63. The van der Waals surface area contributed by atoms with Crippen molar-refractivity contribution in [2.45, 2.75) is 71.1 Å². The van der Waals surface area contributed by atoms with Crippen LogP contribution in [0.1, 0.15) is 60.3 Å². The maximum Gasteiger partial charge on any atom is 0.0342 e. The number of hydrogen-bond acceptors (Lipinski definition) is 3. The zero-order valence-corrected chi connectivity index (χ0v) is 15.0. The minimum atomic E-state index is 0.236. The summed E-state index contributed by atoms with van der Waals surface area (Å²) in [5.41, 5.74) is 7.41. The van der Waals surface area contributed by atoms with E-state index in [2.05, 4.69) is 51.3 Å². The molecular formula is C17H34N2S. The van der Waals surface area contributed by atoms with Crippen LogP contribution in [-0.4, -0.2) is 41.1 Å². The highest BCUT2D eigenvalue weighted by atomic mass is 32.2. The molecule has 2 aliphatic rings. The summed E-state index contributed by atoms with van der Waals surface area (Å²) >= 11 is 2.16. The lowest BCUT2D eigenvalue weighted by atomic mass is 9.58. The van der Waals surface area contributed by atoms with E-state index in [1.54, 1.807) is 0 Å². The molecular weight excluding hydrogens is 264 g/mol. The van der Waals surface area contributed by atoms with Crippen LogP contribution in [0.15, 0.2) is 0 Å². The van der Waals surface area contributed by atoms with Gasteiger partial charge in [0.2, 0.25) is 0 Å². The van der Waals surface area contributed by atoms with Gasteiger partial charge in [0.15, 0.2) is 0 Å².